The highest BCUT2D eigenvalue weighted by atomic mass is 16.6. The molecule has 6 heteroatoms. The average Bonchev–Trinajstić information content (AvgIpc) is 2.99. The van der Waals surface area contributed by atoms with Crippen LogP contribution in [-0.2, 0) is 11.2 Å². The van der Waals surface area contributed by atoms with Crippen LogP contribution in [0.1, 0.15) is 23.6 Å². The number of fused-ring (bicyclic) bond motifs is 1. The van der Waals surface area contributed by atoms with Gasteiger partial charge >= 0.3 is 0 Å². The minimum atomic E-state index is -0.494. The van der Waals surface area contributed by atoms with Gasteiger partial charge < -0.3 is 5.32 Å². The molecule has 1 aliphatic carbocycles. The quantitative estimate of drug-likeness (QED) is 0.677. The summed E-state index contributed by atoms with van der Waals surface area (Å²) in [4.78, 5) is 24.8. The lowest BCUT2D eigenvalue weighted by molar-refractivity contribution is -0.383. The van der Waals surface area contributed by atoms with E-state index in [2.05, 4.69) is 17.4 Å². The summed E-state index contributed by atoms with van der Waals surface area (Å²) < 4.78 is 0. The Morgan fingerprint density at radius 3 is 2.75 bits per heavy atom. The molecule has 6 nitrogen and oxygen atoms in total. The molecule has 0 heterocycles. The first-order valence-corrected chi connectivity index (χ1v) is 7.87. The van der Waals surface area contributed by atoms with Crippen LogP contribution >= 0.6 is 0 Å². The van der Waals surface area contributed by atoms with Crippen molar-refractivity contribution >= 4 is 17.3 Å². The second-order valence-electron chi connectivity index (χ2n) is 5.99. The predicted molar refractivity (Wildman–Crippen MR) is 91.9 cm³/mol. The second-order valence-corrected chi connectivity index (χ2v) is 5.99. The van der Waals surface area contributed by atoms with E-state index >= 15 is 0 Å². The van der Waals surface area contributed by atoms with Crippen molar-refractivity contribution in [2.24, 2.45) is 0 Å². The Morgan fingerprint density at radius 2 is 1.96 bits per heavy atom. The van der Waals surface area contributed by atoms with Crippen molar-refractivity contribution in [2.75, 3.05) is 18.9 Å². The molecule has 0 radical (unpaired) electrons. The minimum absolute atomic E-state index is 0.0975. The van der Waals surface area contributed by atoms with Crippen LogP contribution < -0.4 is 5.32 Å². The van der Waals surface area contributed by atoms with E-state index in [1.165, 1.54) is 17.2 Å². The number of hydrogen-bond acceptors (Lipinski definition) is 4. The molecule has 124 valence electrons. The predicted octanol–water partition coefficient (Wildman–Crippen LogP) is 3.15. The van der Waals surface area contributed by atoms with Gasteiger partial charge in [0.05, 0.1) is 11.5 Å². The molecule has 3 rings (SSSR count). The topological polar surface area (TPSA) is 75.5 Å². The van der Waals surface area contributed by atoms with Crippen LogP contribution in [-0.4, -0.2) is 29.3 Å². The van der Waals surface area contributed by atoms with Crippen LogP contribution in [0.15, 0.2) is 48.5 Å². The molecule has 0 bridgehead atoms. The summed E-state index contributed by atoms with van der Waals surface area (Å²) in [5.74, 6) is -0.254. The van der Waals surface area contributed by atoms with Gasteiger partial charge in [0.15, 0.2) is 0 Å². The summed E-state index contributed by atoms with van der Waals surface area (Å²) in [7, 11) is 1.91. The number of aryl methyl sites for hydroxylation is 1. The number of nitrogens with zero attached hydrogens (tertiary/aromatic N) is 2. The fourth-order valence-electron chi connectivity index (χ4n) is 3.26. The van der Waals surface area contributed by atoms with Gasteiger partial charge in [-0.3, -0.25) is 19.8 Å². The van der Waals surface area contributed by atoms with Crippen molar-refractivity contribution in [2.45, 2.75) is 18.9 Å². The van der Waals surface area contributed by atoms with Crippen LogP contribution in [0.2, 0.25) is 0 Å². The molecule has 1 N–H and O–H groups in total. The van der Waals surface area contributed by atoms with Crippen molar-refractivity contribution in [3.63, 3.8) is 0 Å². The second kappa shape index (κ2) is 6.80. The Bertz CT molecular complexity index is 776. The molecule has 2 aromatic rings. The van der Waals surface area contributed by atoms with Gasteiger partial charge in [0.25, 0.3) is 5.69 Å². The maximum Gasteiger partial charge on any atom is 0.292 e. The Labute approximate surface area is 140 Å². The first-order valence-electron chi connectivity index (χ1n) is 7.87. The Morgan fingerprint density at radius 1 is 1.25 bits per heavy atom. The molecule has 0 aromatic heterocycles. The average molecular weight is 325 g/mol. The molecule has 0 saturated heterocycles. The molecule has 24 heavy (non-hydrogen) atoms. The molecular weight excluding hydrogens is 306 g/mol. The highest BCUT2D eigenvalue weighted by molar-refractivity contribution is 5.94. The van der Waals surface area contributed by atoms with E-state index in [-0.39, 0.29) is 29.9 Å². The van der Waals surface area contributed by atoms with Crippen molar-refractivity contribution in [1.29, 1.82) is 0 Å². The number of nitro groups is 1. The van der Waals surface area contributed by atoms with E-state index in [4.69, 9.17) is 0 Å². The lowest BCUT2D eigenvalue weighted by Gasteiger charge is -2.24. The molecule has 2 aromatic carbocycles. The zero-order valence-corrected chi connectivity index (χ0v) is 13.4. The third kappa shape index (κ3) is 3.28. The van der Waals surface area contributed by atoms with E-state index in [1.807, 2.05) is 24.1 Å². The van der Waals surface area contributed by atoms with E-state index < -0.39 is 4.92 Å². The Balaban J connectivity index is 1.67. The number of nitro benzene ring substituents is 1. The molecular formula is C18H19N3O3. The van der Waals surface area contributed by atoms with Gasteiger partial charge in [0.1, 0.15) is 5.69 Å². The number of amides is 1. The van der Waals surface area contributed by atoms with Crippen LogP contribution in [0.5, 0.6) is 0 Å². The zero-order chi connectivity index (χ0) is 17.1. The molecule has 1 aliphatic rings. The summed E-state index contributed by atoms with van der Waals surface area (Å²) in [5, 5.41) is 13.7. The van der Waals surface area contributed by atoms with Crippen molar-refractivity contribution < 1.29 is 9.72 Å². The van der Waals surface area contributed by atoms with Gasteiger partial charge in [-0.15, -0.1) is 0 Å². The summed E-state index contributed by atoms with van der Waals surface area (Å²) in [5.41, 5.74) is 2.72. The van der Waals surface area contributed by atoms with Gasteiger partial charge in [0, 0.05) is 12.1 Å². The highest BCUT2D eigenvalue weighted by Gasteiger charge is 2.26. The van der Waals surface area contributed by atoms with Gasteiger partial charge in [-0.1, -0.05) is 36.4 Å². The van der Waals surface area contributed by atoms with Crippen LogP contribution in [0, 0.1) is 10.1 Å². The number of nitrogens with one attached hydrogen (secondary N) is 1. The molecule has 1 amide bonds. The normalized spacial score (nSPS) is 16.0. The maximum atomic E-state index is 12.3. The van der Waals surface area contributed by atoms with Crippen molar-refractivity contribution in [1.82, 2.24) is 4.90 Å². The van der Waals surface area contributed by atoms with Crippen LogP contribution in [0.3, 0.4) is 0 Å². The first kappa shape index (κ1) is 16.1. The molecule has 0 fully saturated rings. The smallest absolute Gasteiger partial charge is 0.292 e. The van der Waals surface area contributed by atoms with Crippen molar-refractivity contribution in [3.8, 4) is 0 Å². The van der Waals surface area contributed by atoms with E-state index in [9.17, 15) is 14.9 Å². The fourth-order valence-corrected chi connectivity index (χ4v) is 3.26. The molecule has 0 spiro atoms. The lowest BCUT2D eigenvalue weighted by atomic mass is 10.1. The number of carbonyl (C=O) groups is 1. The standard InChI is InChI=1S/C18H19N3O3/c1-20(16-11-10-13-6-2-3-7-14(13)16)12-18(22)19-15-8-4-5-9-17(15)21(23)24/h2-9,16H,10-12H2,1H3,(H,19,22). The number of rotatable bonds is 5. The van der Waals surface area contributed by atoms with E-state index in [0.717, 1.165) is 12.8 Å². The SMILES string of the molecule is CN(CC(=O)Nc1ccccc1[N+](=O)[O-])C1CCc2ccccc21. The molecule has 1 unspecified atom stereocenters. The highest BCUT2D eigenvalue weighted by Crippen LogP contribution is 2.34. The van der Waals surface area contributed by atoms with E-state index in [0.29, 0.717) is 0 Å². The number of benzene rings is 2. The van der Waals surface area contributed by atoms with E-state index in [1.54, 1.807) is 18.2 Å². The molecule has 0 saturated carbocycles. The van der Waals surface area contributed by atoms with Gasteiger partial charge in [0.2, 0.25) is 5.91 Å². The summed E-state index contributed by atoms with van der Waals surface area (Å²) >= 11 is 0. The van der Waals surface area contributed by atoms with Crippen LogP contribution in [0.4, 0.5) is 11.4 Å². The number of para-hydroxylation sites is 2. The largest absolute Gasteiger partial charge is 0.319 e. The number of anilines is 1. The third-order valence-corrected chi connectivity index (χ3v) is 4.40. The monoisotopic (exact) mass is 325 g/mol. The van der Waals surface area contributed by atoms with Gasteiger partial charge in [-0.2, -0.15) is 0 Å². The minimum Gasteiger partial charge on any atom is -0.319 e. The van der Waals surface area contributed by atoms with Crippen molar-refractivity contribution in [3.05, 3.63) is 69.8 Å². The Hall–Kier alpha value is -2.73. The summed E-state index contributed by atoms with van der Waals surface area (Å²) in [6, 6.07) is 14.6. The Kier molecular flexibility index (Phi) is 4.57. The third-order valence-electron chi connectivity index (χ3n) is 4.40. The van der Waals surface area contributed by atoms with Gasteiger partial charge in [-0.05, 0) is 37.1 Å². The molecule has 0 aliphatic heterocycles. The summed E-state index contributed by atoms with van der Waals surface area (Å²) in [6.45, 7) is 0.186. The molecule has 1 atom stereocenters. The van der Waals surface area contributed by atoms with Gasteiger partial charge in [-0.25, -0.2) is 0 Å². The number of carbonyl (C=O) groups excluding carboxylic acids is 1. The summed E-state index contributed by atoms with van der Waals surface area (Å²) in [6.07, 6.45) is 1.99. The lowest BCUT2D eigenvalue weighted by Crippen LogP contribution is -2.32. The number of likely N-dealkylation sites (N-methyl/N-ethyl adjacent to an activating group) is 1. The van der Waals surface area contributed by atoms with Crippen LogP contribution in [0.25, 0.3) is 0 Å². The number of hydrogen-bond donors (Lipinski definition) is 1. The zero-order valence-electron chi connectivity index (χ0n) is 13.4. The fraction of sp³-hybridized carbons (Fsp3) is 0.278. The maximum absolute atomic E-state index is 12.3. The first-order chi connectivity index (χ1) is 11.6.